The molecule has 0 radical (unpaired) electrons. The first-order valence-electron chi connectivity index (χ1n) is 16.6. The third kappa shape index (κ3) is 6.85. The van der Waals surface area contributed by atoms with Crippen LogP contribution in [-0.4, -0.2) is 38.5 Å². The van der Waals surface area contributed by atoms with Crippen molar-refractivity contribution in [2.75, 3.05) is 13.2 Å². The fourth-order valence-corrected chi connectivity index (χ4v) is 6.78. The number of benzene rings is 4. The number of nitrogens with zero attached hydrogens (tertiary/aromatic N) is 2. The molecule has 1 aliphatic rings. The van der Waals surface area contributed by atoms with Crippen molar-refractivity contribution in [3.63, 3.8) is 0 Å². The molecule has 1 aliphatic heterocycles. The summed E-state index contributed by atoms with van der Waals surface area (Å²) in [6.07, 6.45) is 2.38. The highest BCUT2D eigenvalue weighted by atomic mass is 32.1. The van der Waals surface area contributed by atoms with Crippen molar-refractivity contribution in [3.05, 3.63) is 112 Å². The Morgan fingerprint density at radius 2 is 1.71 bits per heavy atom. The SMILES string of the molecule is CCOC(=S)C(Cc1ccc(OCc2nc3ccc(OCC4(C)CCc5c(C)c(O)c(C)c(C)c5O4)cc3n2C)cc1)c1ccccc1. The number of rotatable bonds is 11. The Morgan fingerprint density at radius 1 is 0.979 bits per heavy atom. The molecule has 48 heavy (non-hydrogen) atoms. The van der Waals surface area contributed by atoms with Gasteiger partial charge in [0, 0.05) is 18.7 Å². The van der Waals surface area contributed by atoms with Gasteiger partial charge in [-0.25, -0.2) is 4.98 Å². The van der Waals surface area contributed by atoms with E-state index in [0.29, 0.717) is 30.6 Å². The summed E-state index contributed by atoms with van der Waals surface area (Å²) in [6.45, 7) is 11.3. The van der Waals surface area contributed by atoms with Crippen molar-refractivity contribution in [1.82, 2.24) is 9.55 Å². The first-order valence-corrected chi connectivity index (χ1v) is 17.0. The monoisotopic (exact) mass is 664 g/mol. The normalized spacial score (nSPS) is 16.2. The fourth-order valence-electron chi connectivity index (χ4n) is 6.44. The zero-order valence-corrected chi connectivity index (χ0v) is 29.4. The summed E-state index contributed by atoms with van der Waals surface area (Å²) < 4.78 is 26.8. The second-order valence-corrected chi connectivity index (χ2v) is 13.4. The van der Waals surface area contributed by atoms with Gasteiger partial charge in [0.05, 0.1) is 23.6 Å². The lowest BCUT2D eigenvalue weighted by molar-refractivity contribution is 0.0167. The van der Waals surface area contributed by atoms with E-state index in [1.807, 2.05) is 87.8 Å². The second-order valence-electron chi connectivity index (χ2n) is 13.0. The molecule has 1 N–H and O–H groups in total. The molecule has 250 valence electrons. The number of aryl methyl sites for hydroxylation is 1. The number of fused-ring (bicyclic) bond motifs is 2. The molecule has 6 rings (SSSR count). The van der Waals surface area contributed by atoms with Gasteiger partial charge in [-0.1, -0.05) is 42.5 Å². The van der Waals surface area contributed by atoms with E-state index in [0.717, 1.165) is 86.7 Å². The third-order valence-electron chi connectivity index (χ3n) is 9.59. The number of hydrogen-bond acceptors (Lipinski definition) is 7. The molecule has 8 heteroatoms. The molecule has 0 aliphatic carbocycles. The zero-order valence-electron chi connectivity index (χ0n) is 28.6. The molecule has 0 fully saturated rings. The Morgan fingerprint density at radius 3 is 2.44 bits per heavy atom. The quantitative estimate of drug-likeness (QED) is 0.142. The van der Waals surface area contributed by atoms with Crippen LogP contribution < -0.4 is 14.2 Å². The molecule has 1 aromatic heterocycles. The minimum atomic E-state index is -0.485. The highest BCUT2D eigenvalue weighted by Crippen LogP contribution is 2.43. The Labute approximate surface area is 288 Å². The molecule has 5 aromatic rings. The van der Waals surface area contributed by atoms with Gasteiger partial charge >= 0.3 is 0 Å². The zero-order chi connectivity index (χ0) is 34.0. The van der Waals surface area contributed by atoms with E-state index >= 15 is 0 Å². The number of imidazole rings is 1. The van der Waals surface area contributed by atoms with Crippen LogP contribution in [-0.2, 0) is 31.2 Å². The lowest BCUT2D eigenvalue weighted by Gasteiger charge is -2.37. The van der Waals surface area contributed by atoms with Crippen LogP contribution in [0.3, 0.4) is 0 Å². The van der Waals surface area contributed by atoms with E-state index in [-0.39, 0.29) is 5.92 Å². The lowest BCUT2D eigenvalue weighted by atomic mass is 9.87. The molecule has 0 bridgehead atoms. The van der Waals surface area contributed by atoms with Gasteiger partial charge in [-0.3, -0.25) is 0 Å². The van der Waals surface area contributed by atoms with Crippen LogP contribution in [0.2, 0.25) is 0 Å². The van der Waals surface area contributed by atoms with Crippen molar-refractivity contribution in [1.29, 1.82) is 0 Å². The van der Waals surface area contributed by atoms with Crippen LogP contribution in [0.4, 0.5) is 0 Å². The number of phenols is 1. The van der Waals surface area contributed by atoms with Gasteiger partial charge in [-0.15, -0.1) is 0 Å². The van der Waals surface area contributed by atoms with Crippen LogP contribution >= 0.6 is 12.2 Å². The number of aromatic nitrogens is 2. The lowest BCUT2D eigenvalue weighted by Crippen LogP contribution is -2.42. The van der Waals surface area contributed by atoms with Gasteiger partial charge in [0.2, 0.25) is 0 Å². The van der Waals surface area contributed by atoms with Crippen LogP contribution in [0, 0.1) is 20.8 Å². The van der Waals surface area contributed by atoms with E-state index in [1.165, 1.54) is 0 Å². The van der Waals surface area contributed by atoms with Crippen molar-refractivity contribution in [2.24, 2.45) is 7.05 Å². The van der Waals surface area contributed by atoms with Crippen molar-refractivity contribution in [3.8, 4) is 23.0 Å². The van der Waals surface area contributed by atoms with Crippen LogP contribution in [0.25, 0.3) is 11.0 Å². The molecule has 4 aromatic carbocycles. The molecule has 2 heterocycles. The van der Waals surface area contributed by atoms with Crippen LogP contribution in [0.1, 0.15) is 65.4 Å². The molecule has 0 saturated carbocycles. The van der Waals surface area contributed by atoms with E-state index in [4.69, 9.17) is 36.1 Å². The highest BCUT2D eigenvalue weighted by molar-refractivity contribution is 7.80. The van der Waals surface area contributed by atoms with Gasteiger partial charge in [0.1, 0.15) is 47.6 Å². The van der Waals surface area contributed by atoms with Crippen molar-refractivity contribution in [2.45, 2.75) is 72.0 Å². The Bertz CT molecular complexity index is 1940. The fraction of sp³-hybridized carbons (Fsp3) is 0.350. The van der Waals surface area contributed by atoms with E-state index in [2.05, 4.69) is 31.2 Å². The molecular formula is C40H44N2O5S. The van der Waals surface area contributed by atoms with Gasteiger partial charge in [0.25, 0.3) is 0 Å². The maximum absolute atomic E-state index is 10.5. The average molecular weight is 665 g/mol. The standard InChI is InChI=1S/C40H44N2O5S/c1-7-44-39(48)33(29-11-9-8-10-12-29)21-28-13-15-30(16-14-28)45-23-36-41-34-18-17-31(22-35(34)42(36)6)46-24-40(5)20-19-32-27(4)37(43)25(2)26(3)38(32)47-40/h8-18,22,33,43H,7,19-21,23-24H2,1-6H3. The largest absolute Gasteiger partial charge is 0.507 e. The maximum Gasteiger partial charge on any atom is 0.167 e. The molecule has 2 atom stereocenters. The van der Waals surface area contributed by atoms with Crippen molar-refractivity contribution >= 4 is 28.3 Å². The third-order valence-corrected chi connectivity index (χ3v) is 9.99. The summed E-state index contributed by atoms with van der Waals surface area (Å²) in [7, 11) is 2.00. The minimum absolute atomic E-state index is 0.00434. The Balaban J connectivity index is 1.09. The molecule has 0 spiro atoms. The van der Waals surface area contributed by atoms with Crippen LogP contribution in [0.5, 0.6) is 23.0 Å². The number of aromatic hydroxyl groups is 1. The van der Waals surface area contributed by atoms with Gasteiger partial charge in [0.15, 0.2) is 5.05 Å². The first kappa shape index (κ1) is 33.3. The van der Waals surface area contributed by atoms with Gasteiger partial charge in [-0.05, 0) is 118 Å². The minimum Gasteiger partial charge on any atom is -0.507 e. The van der Waals surface area contributed by atoms with E-state index in [9.17, 15) is 5.11 Å². The molecule has 7 nitrogen and oxygen atoms in total. The topological polar surface area (TPSA) is 75.0 Å². The summed E-state index contributed by atoms with van der Waals surface area (Å²) in [4.78, 5) is 4.83. The smallest absolute Gasteiger partial charge is 0.167 e. The van der Waals surface area contributed by atoms with E-state index in [1.54, 1.807) is 0 Å². The molecule has 0 saturated heterocycles. The number of ether oxygens (including phenoxy) is 4. The predicted octanol–water partition coefficient (Wildman–Crippen LogP) is 8.64. The second kappa shape index (κ2) is 13.9. The number of phenolic OH excluding ortho intramolecular Hbond substituents is 1. The Hall–Kier alpha value is -4.56. The predicted molar refractivity (Wildman–Crippen MR) is 194 cm³/mol. The molecule has 0 amide bonds. The maximum atomic E-state index is 10.5. The molecular weight excluding hydrogens is 621 g/mol. The Kier molecular flexibility index (Phi) is 9.65. The summed E-state index contributed by atoms with van der Waals surface area (Å²) in [5.74, 6) is 3.61. The molecule has 2 unspecified atom stereocenters. The summed E-state index contributed by atoms with van der Waals surface area (Å²) >= 11 is 5.63. The highest BCUT2D eigenvalue weighted by Gasteiger charge is 2.35. The number of thiocarbonyl (C=S) groups is 1. The summed E-state index contributed by atoms with van der Waals surface area (Å²) in [5, 5.41) is 11.1. The first-order chi connectivity index (χ1) is 23.1. The van der Waals surface area contributed by atoms with E-state index < -0.39 is 5.60 Å². The summed E-state index contributed by atoms with van der Waals surface area (Å²) in [6, 6.07) is 24.4. The van der Waals surface area contributed by atoms with Crippen molar-refractivity contribution < 1.29 is 24.1 Å². The van der Waals surface area contributed by atoms with Gasteiger partial charge < -0.3 is 28.6 Å². The summed E-state index contributed by atoms with van der Waals surface area (Å²) in [5.41, 5.74) is 7.52. The average Bonchev–Trinajstić information content (AvgIpc) is 3.42. The van der Waals surface area contributed by atoms with Crippen LogP contribution in [0.15, 0.2) is 72.8 Å². The number of hydrogen-bond donors (Lipinski definition) is 1. The van der Waals surface area contributed by atoms with Gasteiger partial charge in [-0.2, -0.15) is 0 Å².